The number of carbonyl (C=O) groups is 1. The number of aliphatic hydroxyl groups excluding tert-OH is 1. The maximum absolute atomic E-state index is 11.9. The number of hydrogen-bond acceptors (Lipinski definition) is 4. The van der Waals surface area contributed by atoms with Crippen LogP contribution in [0.4, 0.5) is 0 Å². The van der Waals surface area contributed by atoms with Gasteiger partial charge in [-0.1, -0.05) is 42.5 Å². The quantitative estimate of drug-likeness (QED) is 0.716. The third kappa shape index (κ3) is 3.46. The summed E-state index contributed by atoms with van der Waals surface area (Å²) in [4.78, 5) is 13.4. The fraction of sp³-hybridized carbons (Fsp3) is 0.435. The number of carboxylic acid groups (broad SMARTS) is 1. The van der Waals surface area contributed by atoms with Crippen molar-refractivity contribution in [1.29, 1.82) is 0 Å². The predicted octanol–water partition coefficient (Wildman–Crippen LogP) is 2.52. The second-order valence-electron chi connectivity index (χ2n) is 8.16. The molecule has 3 aliphatic heterocycles. The summed E-state index contributed by atoms with van der Waals surface area (Å²) in [6.45, 7) is 2.93. The molecule has 0 amide bonds. The number of aliphatic hydroxyl groups is 2. The molecular formula is C23H27NO4. The Morgan fingerprint density at radius 2 is 1.71 bits per heavy atom. The maximum atomic E-state index is 11.9. The number of aromatic carboxylic acids is 1. The first-order valence-corrected chi connectivity index (χ1v) is 9.99. The summed E-state index contributed by atoms with van der Waals surface area (Å²) in [5.74, 6) is -0.592. The molecule has 2 aromatic carbocycles. The SMILES string of the molecule is O=C(O)c1ccc(CC(O)C(O)(c2ccccc2)C2CN3CCC2CC3)cc1. The van der Waals surface area contributed by atoms with E-state index in [1.165, 1.54) is 0 Å². The minimum Gasteiger partial charge on any atom is -0.478 e. The minimum absolute atomic E-state index is 0.0225. The van der Waals surface area contributed by atoms with E-state index < -0.39 is 17.7 Å². The zero-order valence-electron chi connectivity index (χ0n) is 15.9. The smallest absolute Gasteiger partial charge is 0.335 e. The lowest BCUT2D eigenvalue weighted by Crippen LogP contribution is -2.59. The lowest BCUT2D eigenvalue weighted by atomic mass is 9.65. The summed E-state index contributed by atoms with van der Waals surface area (Å²) in [5, 5.41) is 32.3. The van der Waals surface area contributed by atoms with Gasteiger partial charge >= 0.3 is 5.97 Å². The molecule has 3 N–H and O–H groups in total. The van der Waals surface area contributed by atoms with E-state index in [4.69, 9.17) is 5.11 Å². The van der Waals surface area contributed by atoms with Crippen molar-refractivity contribution in [3.63, 3.8) is 0 Å². The third-order valence-corrected chi connectivity index (χ3v) is 6.60. The van der Waals surface area contributed by atoms with E-state index in [2.05, 4.69) is 4.90 Å². The highest BCUT2D eigenvalue weighted by molar-refractivity contribution is 5.87. The van der Waals surface area contributed by atoms with E-state index in [0.29, 0.717) is 5.92 Å². The molecule has 3 aliphatic rings. The van der Waals surface area contributed by atoms with Crippen molar-refractivity contribution in [2.75, 3.05) is 19.6 Å². The first-order valence-electron chi connectivity index (χ1n) is 9.99. The zero-order valence-corrected chi connectivity index (χ0v) is 15.9. The summed E-state index contributed by atoms with van der Waals surface area (Å²) < 4.78 is 0. The Balaban J connectivity index is 1.64. The molecule has 28 heavy (non-hydrogen) atoms. The Hall–Kier alpha value is -2.21. The lowest BCUT2D eigenvalue weighted by Gasteiger charge is -2.52. The van der Waals surface area contributed by atoms with Crippen LogP contribution in [-0.4, -0.2) is 51.9 Å². The highest BCUT2D eigenvalue weighted by atomic mass is 16.4. The lowest BCUT2D eigenvalue weighted by molar-refractivity contribution is -0.163. The van der Waals surface area contributed by atoms with Gasteiger partial charge in [0.25, 0.3) is 0 Å². The van der Waals surface area contributed by atoms with Crippen molar-refractivity contribution in [2.24, 2.45) is 11.8 Å². The molecule has 3 unspecified atom stereocenters. The number of piperidine rings is 3. The van der Waals surface area contributed by atoms with Crippen LogP contribution in [0.15, 0.2) is 54.6 Å². The Kier molecular flexibility index (Phi) is 5.23. The number of carboxylic acids is 1. The molecule has 3 saturated heterocycles. The van der Waals surface area contributed by atoms with Crippen molar-refractivity contribution in [3.8, 4) is 0 Å². The van der Waals surface area contributed by atoms with Crippen LogP contribution in [0, 0.1) is 11.8 Å². The summed E-state index contributed by atoms with van der Waals surface area (Å²) >= 11 is 0. The zero-order chi connectivity index (χ0) is 19.7. The monoisotopic (exact) mass is 381 g/mol. The van der Waals surface area contributed by atoms with Crippen LogP contribution < -0.4 is 0 Å². The van der Waals surface area contributed by atoms with E-state index in [-0.39, 0.29) is 17.9 Å². The summed E-state index contributed by atoms with van der Waals surface area (Å²) in [6.07, 6.45) is 1.41. The second kappa shape index (κ2) is 7.66. The van der Waals surface area contributed by atoms with Gasteiger partial charge in [0.05, 0.1) is 11.7 Å². The van der Waals surface area contributed by atoms with Gasteiger partial charge in [-0.25, -0.2) is 4.79 Å². The normalized spacial score (nSPS) is 27.1. The van der Waals surface area contributed by atoms with Gasteiger partial charge in [-0.05, 0) is 55.1 Å². The molecule has 3 heterocycles. The van der Waals surface area contributed by atoms with Crippen LogP contribution in [0.3, 0.4) is 0 Å². The molecule has 148 valence electrons. The van der Waals surface area contributed by atoms with E-state index in [0.717, 1.165) is 43.6 Å². The van der Waals surface area contributed by atoms with E-state index in [1.807, 2.05) is 30.3 Å². The van der Waals surface area contributed by atoms with Crippen molar-refractivity contribution in [3.05, 3.63) is 71.3 Å². The Morgan fingerprint density at radius 1 is 1.07 bits per heavy atom. The van der Waals surface area contributed by atoms with E-state index in [9.17, 15) is 15.0 Å². The molecule has 5 nitrogen and oxygen atoms in total. The van der Waals surface area contributed by atoms with Gasteiger partial charge in [-0.15, -0.1) is 0 Å². The fourth-order valence-corrected chi connectivity index (χ4v) is 4.98. The summed E-state index contributed by atoms with van der Waals surface area (Å²) in [7, 11) is 0. The molecule has 0 radical (unpaired) electrons. The minimum atomic E-state index is -1.34. The number of benzene rings is 2. The predicted molar refractivity (Wildman–Crippen MR) is 106 cm³/mol. The first kappa shape index (κ1) is 19.1. The average molecular weight is 381 g/mol. The molecule has 3 fully saturated rings. The van der Waals surface area contributed by atoms with Crippen LogP contribution >= 0.6 is 0 Å². The number of hydrogen-bond donors (Lipinski definition) is 3. The van der Waals surface area contributed by atoms with E-state index in [1.54, 1.807) is 24.3 Å². The van der Waals surface area contributed by atoms with Crippen molar-refractivity contribution >= 4 is 5.97 Å². The molecule has 0 saturated carbocycles. The van der Waals surface area contributed by atoms with Crippen LogP contribution in [0.25, 0.3) is 0 Å². The molecule has 0 aliphatic carbocycles. The molecule has 5 heteroatoms. The van der Waals surface area contributed by atoms with E-state index >= 15 is 0 Å². The highest BCUT2D eigenvalue weighted by Gasteiger charge is 2.51. The first-order chi connectivity index (χ1) is 13.5. The standard InChI is InChI=1S/C23H27NO4/c25-21(14-16-6-8-18(9-7-16)22(26)27)23(28,19-4-2-1-3-5-19)20-15-24-12-10-17(20)11-13-24/h1-9,17,20-21,25,28H,10-15H2,(H,26,27). The Morgan fingerprint density at radius 3 is 2.25 bits per heavy atom. The van der Waals surface area contributed by atoms with Gasteiger partial charge in [-0.2, -0.15) is 0 Å². The third-order valence-electron chi connectivity index (χ3n) is 6.60. The van der Waals surface area contributed by atoms with Gasteiger partial charge in [0.15, 0.2) is 0 Å². The second-order valence-corrected chi connectivity index (χ2v) is 8.16. The number of nitrogens with zero attached hydrogens (tertiary/aromatic N) is 1. The molecule has 2 bridgehead atoms. The van der Waals surface area contributed by atoms with Crippen LogP contribution in [0.2, 0.25) is 0 Å². The van der Waals surface area contributed by atoms with Crippen LogP contribution in [0.5, 0.6) is 0 Å². The maximum Gasteiger partial charge on any atom is 0.335 e. The number of rotatable bonds is 6. The van der Waals surface area contributed by atoms with Crippen LogP contribution in [0.1, 0.15) is 34.3 Å². The Bertz CT molecular complexity index is 814. The largest absolute Gasteiger partial charge is 0.478 e. The molecule has 2 aromatic rings. The van der Waals surface area contributed by atoms with Gasteiger partial charge in [0.1, 0.15) is 5.60 Å². The Labute approximate surface area is 165 Å². The molecule has 5 rings (SSSR count). The fourth-order valence-electron chi connectivity index (χ4n) is 4.98. The van der Waals surface area contributed by atoms with Crippen molar-refractivity contribution in [2.45, 2.75) is 31.0 Å². The van der Waals surface area contributed by atoms with Crippen molar-refractivity contribution < 1.29 is 20.1 Å². The van der Waals surface area contributed by atoms with Gasteiger partial charge < -0.3 is 20.2 Å². The summed E-state index contributed by atoms with van der Waals surface area (Å²) in [6, 6.07) is 16.0. The molecule has 0 aromatic heterocycles. The topological polar surface area (TPSA) is 81.0 Å². The van der Waals surface area contributed by atoms with Gasteiger partial charge in [0, 0.05) is 18.9 Å². The van der Waals surface area contributed by atoms with Gasteiger partial charge in [-0.3, -0.25) is 0 Å². The van der Waals surface area contributed by atoms with Crippen LogP contribution in [-0.2, 0) is 12.0 Å². The highest BCUT2D eigenvalue weighted by Crippen LogP contribution is 2.45. The molecular weight excluding hydrogens is 354 g/mol. The summed E-state index contributed by atoms with van der Waals surface area (Å²) in [5.41, 5.74) is 0.446. The molecule has 0 spiro atoms. The average Bonchev–Trinajstić information content (AvgIpc) is 2.75. The molecule has 3 atom stereocenters. The van der Waals surface area contributed by atoms with Gasteiger partial charge in [0.2, 0.25) is 0 Å². The number of fused-ring (bicyclic) bond motifs is 3. The van der Waals surface area contributed by atoms with Crippen molar-refractivity contribution in [1.82, 2.24) is 4.90 Å².